The Balaban J connectivity index is 2.24. The number of halogens is 1. The number of carbonyl (C=O) groups is 2. The van der Waals surface area contributed by atoms with Gasteiger partial charge < -0.3 is 20.2 Å². The smallest absolute Gasteiger partial charge is 0.287 e. The van der Waals surface area contributed by atoms with Crippen molar-refractivity contribution in [1.82, 2.24) is 10.6 Å². The number of rotatable bonds is 7. The molecule has 3 N–H and O–H groups in total. The fourth-order valence-corrected chi connectivity index (χ4v) is 2.01. The second kappa shape index (κ2) is 8.06. The molecule has 0 saturated heterocycles. The third-order valence-corrected chi connectivity index (χ3v) is 3.02. The van der Waals surface area contributed by atoms with Gasteiger partial charge in [0.25, 0.3) is 5.91 Å². The molecule has 0 aliphatic rings. The molecule has 20 heavy (non-hydrogen) atoms. The summed E-state index contributed by atoms with van der Waals surface area (Å²) in [6, 6.07) is 3.12. The highest BCUT2D eigenvalue weighted by Gasteiger charge is 2.12. The third kappa shape index (κ3) is 6.21. The van der Waals surface area contributed by atoms with Crippen molar-refractivity contribution in [2.24, 2.45) is 5.92 Å². The summed E-state index contributed by atoms with van der Waals surface area (Å²) in [5, 5.41) is 14.4. The SMILES string of the molecule is CC(O)CC(C)CNC(=O)CNC(=O)c1ccc(Br)o1. The second-order valence-electron chi connectivity index (χ2n) is 4.78. The number of amides is 2. The molecule has 2 unspecified atom stereocenters. The van der Waals surface area contributed by atoms with Crippen molar-refractivity contribution in [2.45, 2.75) is 26.4 Å². The first-order valence-corrected chi connectivity index (χ1v) is 7.16. The first-order chi connectivity index (χ1) is 9.38. The maximum absolute atomic E-state index is 11.6. The molecular weight excluding hydrogens is 328 g/mol. The maximum atomic E-state index is 11.6. The minimum atomic E-state index is -0.442. The van der Waals surface area contributed by atoms with Crippen LogP contribution in [0.25, 0.3) is 0 Å². The van der Waals surface area contributed by atoms with Gasteiger partial charge in [0.2, 0.25) is 5.91 Å². The van der Waals surface area contributed by atoms with Crippen LogP contribution in [0.2, 0.25) is 0 Å². The van der Waals surface area contributed by atoms with Crippen LogP contribution in [0.15, 0.2) is 21.2 Å². The minimum absolute atomic E-state index is 0.113. The van der Waals surface area contributed by atoms with E-state index in [1.54, 1.807) is 13.0 Å². The molecule has 0 fully saturated rings. The highest BCUT2D eigenvalue weighted by molar-refractivity contribution is 9.10. The van der Waals surface area contributed by atoms with E-state index in [2.05, 4.69) is 26.6 Å². The van der Waals surface area contributed by atoms with Crippen LogP contribution in [-0.2, 0) is 4.79 Å². The van der Waals surface area contributed by atoms with Gasteiger partial charge in [-0.15, -0.1) is 0 Å². The fourth-order valence-electron chi connectivity index (χ4n) is 1.70. The Morgan fingerprint density at radius 2 is 2.05 bits per heavy atom. The van der Waals surface area contributed by atoms with Gasteiger partial charge in [0.05, 0.1) is 12.6 Å². The van der Waals surface area contributed by atoms with E-state index in [0.29, 0.717) is 17.6 Å². The van der Waals surface area contributed by atoms with Gasteiger partial charge in [-0.2, -0.15) is 0 Å². The number of hydrogen-bond donors (Lipinski definition) is 3. The van der Waals surface area contributed by atoms with E-state index in [4.69, 9.17) is 4.42 Å². The molecule has 2 amide bonds. The number of furan rings is 1. The zero-order chi connectivity index (χ0) is 15.1. The molecule has 0 bridgehead atoms. The molecule has 0 aliphatic carbocycles. The summed E-state index contributed by atoms with van der Waals surface area (Å²) >= 11 is 3.09. The molecule has 0 radical (unpaired) electrons. The van der Waals surface area contributed by atoms with Crippen molar-refractivity contribution >= 4 is 27.7 Å². The molecule has 1 rings (SSSR count). The van der Waals surface area contributed by atoms with Crippen LogP contribution in [0.3, 0.4) is 0 Å². The Morgan fingerprint density at radius 1 is 1.35 bits per heavy atom. The lowest BCUT2D eigenvalue weighted by molar-refractivity contribution is -0.120. The van der Waals surface area contributed by atoms with Crippen LogP contribution in [-0.4, -0.2) is 36.1 Å². The first kappa shape index (κ1) is 16.7. The van der Waals surface area contributed by atoms with Crippen LogP contribution >= 0.6 is 15.9 Å². The van der Waals surface area contributed by atoms with E-state index >= 15 is 0 Å². The van der Waals surface area contributed by atoms with Gasteiger partial charge in [0.1, 0.15) is 0 Å². The van der Waals surface area contributed by atoms with Crippen LogP contribution in [0.4, 0.5) is 0 Å². The number of aliphatic hydroxyl groups excluding tert-OH is 1. The summed E-state index contributed by atoms with van der Waals surface area (Å²) in [4.78, 5) is 23.2. The van der Waals surface area contributed by atoms with Gasteiger partial charge in [-0.25, -0.2) is 0 Å². The van der Waals surface area contributed by atoms with E-state index in [9.17, 15) is 14.7 Å². The predicted molar refractivity (Wildman–Crippen MR) is 77.2 cm³/mol. The lowest BCUT2D eigenvalue weighted by atomic mass is 10.1. The van der Waals surface area contributed by atoms with Gasteiger partial charge in [-0.05, 0) is 47.3 Å². The predicted octanol–water partition coefficient (Wildman–Crippen LogP) is 1.30. The van der Waals surface area contributed by atoms with Crippen molar-refractivity contribution in [1.29, 1.82) is 0 Å². The molecule has 6 nitrogen and oxygen atoms in total. The Bertz CT molecular complexity index is 459. The molecule has 7 heteroatoms. The van der Waals surface area contributed by atoms with Crippen LogP contribution in [0.1, 0.15) is 30.8 Å². The first-order valence-electron chi connectivity index (χ1n) is 6.36. The molecule has 0 saturated carbocycles. The second-order valence-corrected chi connectivity index (χ2v) is 5.56. The molecule has 1 heterocycles. The fraction of sp³-hybridized carbons (Fsp3) is 0.538. The highest BCUT2D eigenvalue weighted by Crippen LogP contribution is 2.13. The summed E-state index contributed by atoms with van der Waals surface area (Å²) in [5.74, 6) is -0.396. The number of hydrogen-bond acceptors (Lipinski definition) is 4. The third-order valence-electron chi connectivity index (χ3n) is 2.60. The molecule has 1 aromatic heterocycles. The van der Waals surface area contributed by atoms with Gasteiger partial charge in [-0.1, -0.05) is 6.92 Å². The Hall–Kier alpha value is -1.34. The van der Waals surface area contributed by atoms with Gasteiger partial charge in [-0.3, -0.25) is 9.59 Å². The zero-order valence-corrected chi connectivity index (χ0v) is 13.1. The van der Waals surface area contributed by atoms with Crippen molar-refractivity contribution in [3.05, 3.63) is 22.6 Å². The zero-order valence-electron chi connectivity index (χ0n) is 11.5. The van der Waals surface area contributed by atoms with E-state index in [-0.39, 0.29) is 30.2 Å². The van der Waals surface area contributed by atoms with Gasteiger partial charge >= 0.3 is 0 Å². The number of nitrogens with one attached hydrogen (secondary N) is 2. The average Bonchev–Trinajstić information content (AvgIpc) is 2.79. The maximum Gasteiger partial charge on any atom is 0.287 e. The largest absolute Gasteiger partial charge is 0.444 e. The summed E-state index contributed by atoms with van der Waals surface area (Å²) in [5.41, 5.74) is 0. The van der Waals surface area contributed by atoms with Crippen molar-refractivity contribution < 1.29 is 19.1 Å². The summed E-state index contributed by atoms with van der Waals surface area (Å²) in [7, 11) is 0. The molecule has 0 aromatic carbocycles. The quantitative estimate of drug-likeness (QED) is 0.693. The lowest BCUT2D eigenvalue weighted by Crippen LogP contribution is -2.38. The van der Waals surface area contributed by atoms with Crippen LogP contribution < -0.4 is 10.6 Å². The van der Waals surface area contributed by atoms with Crippen LogP contribution in [0.5, 0.6) is 0 Å². The molecule has 2 atom stereocenters. The van der Waals surface area contributed by atoms with E-state index in [1.165, 1.54) is 6.07 Å². The normalized spacial score (nSPS) is 13.6. The van der Waals surface area contributed by atoms with Gasteiger partial charge in [0.15, 0.2) is 10.4 Å². The molecule has 1 aromatic rings. The molecular formula is C13H19BrN2O4. The summed E-state index contributed by atoms with van der Waals surface area (Å²) in [6.45, 7) is 4.00. The Kier molecular flexibility index (Phi) is 6.74. The van der Waals surface area contributed by atoms with Crippen molar-refractivity contribution in [3.8, 4) is 0 Å². The molecule has 0 aliphatic heterocycles. The minimum Gasteiger partial charge on any atom is -0.444 e. The lowest BCUT2D eigenvalue weighted by Gasteiger charge is -2.14. The summed E-state index contributed by atoms with van der Waals surface area (Å²) in [6.07, 6.45) is 0.228. The topological polar surface area (TPSA) is 91.6 Å². The number of aliphatic hydroxyl groups is 1. The van der Waals surface area contributed by atoms with Crippen molar-refractivity contribution in [3.63, 3.8) is 0 Å². The average molecular weight is 347 g/mol. The monoisotopic (exact) mass is 346 g/mol. The van der Waals surface area contributed by atoms with Crippen molar-refractivity contribution in [2.75, 3.05) is 13.1 Å². The van der Waals surface area contributed by atoms with Crippen LogP contribution in [0, 0.1) is 5.92 Å². The Labute approximate surface area is 126 Å². The highest BCUT2D eigenvalue weighted by atomic mass is 79.9. The standard InChI is InChI=1S/C13H19BrN2O4/c1-8(5-9(2)17)6-15-12(18)7-16-13(19)10-3-4-11(14)20-10/h3-4,8-9,17H,5-7H2,1-2H3,(H,15,18)(H,16,19). The van der Waals surface area contributed by atoms with E-state index < -0.39 is 5.91 Å². The van der Waals surface area contributed by atoms with E-state index in [0.717, 1.165) is 0 Å². The molecule has 112 valence electrons. The molecule has 0 spiro atoms. The van der Waals surface area contributed by atoms with Gasteiger partial charge in [0, 0.05) is 6.54 Å². The Morgan fingerprint density at radius 3 is 2.60 bits per heavy atom. The van der Waals surface area contributed by atoms with E-state index in [1.807, 2.05) is 6.92 Å². The summed E-state index contributed by atoms with van der Waals surface area (Å²) < 4.78 is 5.52. The number of carbonyl (C=O) groups excluding carboxylic acids is 2.